The fourth-order valence-electron chi connectivity index (χ4n) is 3.53. The molecule has 31 heavy (non-hydrogen) atoms. The lowest BCUT2D eigenvalue weighted by Crippen LogP contribution is -2.50. The van der Waals surface area contributed by atoms with Crippen molar-refractivity contribution in [3.8, 4) is 17.1 Å². The summed E-state index contributed by atoms with van der Waals surface area (Å²) in [4.78, 5) is 32.7. The van der Waals surface area contributed by atoms with Crippen LogP contribution >= 0.6 is 0 Å². The molecule has 3 N–H and O–H groups in total. The number of carbonyl (C=O) groups is 2. The molecule has 1 fully saturated rings. The number of nitrogens with zero attached hydrogens (tertiary/aromatic N) is 4. The van der Waals surface area contributed by atoms with Crippen LogP contribution in [0, 0.1) is 0 Å². The second-order valence-electron chi connectivity index (χ2n) is 7.45. The minimum atomic E-state index is -0.487. The zero-order valence-corrected chi connectivity index (χ0v) is 17.2. The molecule has 0 spiro atoms. The van der Waals surface area contributed by atoms with Crippen molar-refractivity contribution in [2.24, 2.45) is 5.73 Å². The second-order valence-corrected chi connectivity index (χ2v) is 7.45. The average Bonchev–Trinajstić information content (AvgIpc) is 3.28. The lowest BCUT2D eigenvalue weighted by molar-refractivity contribution is -0.138. The molecule has 1 saturated heterocycles. The van der Waals surface area contributed by atoms with E-state index in [0.717, 1.165) is 12.1 Å². The fourth-order valence-corrected chi connectivity index (χ4v) is 3.53. The Labute approximate surface area is 179 Å². The summed E-state index contributed by atoms with van der Waals surface area (Å²) in [5.41, 5.74) is 6.47. The molecule has 0 radical (unpaired) electrons. The van der Waals surface area contributed by atoms with Gasteiger partial charge in [0.25, 0.3) is 5.91 Å². The summed E-state index contributed by atoms with van der Waals surface area (Å²) in [5, 5.41) is 7.28. The third-order valence-electron chi connectivity index (χ3n) is 5.26. The highest BCUT2D eigenvalue weighted by Crippen LogP contribution is 2.25. The van der Waals surface area contributed by atoms with Gasteiger partial charge in [-0.25, -0.2) is 4.98 Å². The highest BCUT2D eigenvalue weighted by atomic mass is 16.5. The molecule has 9 nitrogen and oxygen atoms in total. The largest absolute Gasteiger partial charge is 0.484 e. The molecule has 1 aliphatic heterocycles. The van der Waals surface area contributed by atoms with Gasteiger partial charge in [0.05, 0.1) is 0 Å². The van der Waals surface area contributed by atoms with E-state index < -0.39 is 5.91 Å². The van der Waals surface area contributed by atoms with Crippen molar-refractivity contribution in [2.75, 3.05) is 33.3 Å². The predicted octanol–water partition coefficient (Wildman–Crippen LogP) is 1.46. The van der Waals surface area contributed by atoms with Gasteiger partial charge in [-0.1, -0.05) is 30.3 Å². The molecule has 0 aliphatic carbocycles. The normalized spacial score (nSPS) is 16.8. The minimum Gasteiger partial charge on any atom is -0.484 e. The first-order valence-electron chi connectivity index (χ1n) is 9.99. The number of carbonyl (C=O) groups excluding carboxylic acids is 2. The van der Waals surface area contributed by atoms with Gasteiger partial charge in [-0.2, -0.15) is 5.10 Å². The summed E-state index contributed by atoms with van der Waals surface area (Å²) >= 11 is 0. The standard InChI is InChI=1S/C22H24N6O3/c1-27-11-12-28(19(29)14-31-17-5-3-2-4-6-17)18(13-27)22-24-21(25-26-22)16-9-7-15(8-10-16)20(23)30/h2-10,18H,11-14H2,1H3,(H2,23,30)(H,24,25,26)/t18-/m1/s1. The zero-order chi connectivity index (χ0) is 21.8. The van der Waals surface area contributed by atoms with Gasteiger partial charge in [-0.15, -0.1) is 0 Å². The summed E-state index contributed by atoms with van der Waals surface area (Å²) in [5.74, 6) is 1.16. The SMILES string of the molecule is CN1CCN(C(=O)COc2ccccc2)[C@@H](c2nc(-c3ccc(C(N)=O)cc3)n[nH]2)C1. The molecule has 1 aromatic heterocycles. The summed E-state index contributed by atoms with van der Waals surface area (Å²) in [6, 6.07) is 15.8. The third-order valence-corrected chi connectivity index (χ3v) is 5.26. The van der Waals surface area contributed by atoms with Gasteiger partial charge < -0.3 is 20.3 Å². The maximum atomic E-state index is 12.9. The molecule has 2 heterocycles. The predicted molar refractivity (Wildman–Crippen MR) is 114 cm³/mol. The number of piperazine rings is 1. The molecule has 0 unspecified atom stereocenters. The Morgan fingerprint density at radius 1 is 1.13 bits per heavy atom. The molecule has 160 valence electrons. The van der Waals surface area contributed by atoms with Crippen LogP contribution < -0.4 is 10.5 Å². The average molecular weight is 420 g/mol. The van der Waals surface area contributed by atoms with Gasteiger partial charge in [-0.3, -0.25) is 14.7 Å². The number of H-pyrrole nitrogens is 1. The van der Waals surface area contributed by atoms with E-state index in [2.05, 4.69) is 20.1 Å². The monoisotopic (exact) mass is 420 g/mol. The molecule has 0 bridgehead atoms. The maximum Gasteiger partial charge on any atom is 0.261 e. The summed E-state index contributed by atoms with van der Waals surface area (Å²) in [7, 11) is 2.01. The van der Waals surface area contributed by atoms with Crippen LogP contribution in [0.2, 0.25) is 0 Å². The summed E-state index contributed by atoms with van der Waals surface area (Å²) in [6.45, 7) is 1.93. The van der Waals surface area contributed by atoms with Crippen molar-refractivity contribution < 1.29 is 14.3 Å². The lowest BCUT2D eigenvalue weighted by Gasteiger charge is -2.38. The van der Waals surface area contributed by atoms with E-state index in [9.17, 15) is 9.59 Å². The van der Waals surface area contributed by atoms with Crippen LogP contribution in [-0.2, 0) is 4.79 Å². The van der Waals surface area contributed by atoms with Crippen LogP contribution in [0.15, 0.2) is 54.6 Å². The van der Waals surface area contributed by atoms with Gasteiger partial charge >= 0.3 is 0 Å². The molecule has 1 atom stereocenters. The number of rotatable bonds is 6. The number of amides is 2. The van der Waals surface area contributed by atoms with Crippen molar-refractivity contribution in [3.05, 3.63) is 66.0 Å². The Bertz CT molecular complexity index is 1050. The van der Waals surface area contributed by atoms with E-state index in [4.69, 9.17) is 10.5 Å². The second kappa shape index (κ2) is 8.97. The van der Waals surface area contributed by atoms with Crippen molar-refractivity contribution in [1.29, 1.82) is 0 Å². The number of aromatic nitrogens is 3. The Hall–Kier alpha value is -3.72. The smallest absolute Gasteiger partial charge is 0.261 e. The minimum absolute atomic E-state index is 0.0419. The van der Waals surface area contributed by atoms with E-state index in [0.29, 0.717) is 36.1 Å². The number of hydrogen-bond acceptors (Lipinski definition) is 6. The van der Waals surface area contributed by atoms with Crippen LogP contribution in [-0.4, -0.2) is 70.1 Å². The van der Waals surface area contributed by atoms with Crippen LogP contribution in [0.25, 0.3) is 11.4 Å². The van der Waals surface area contributed by atoms with Crippen LogP contribution in [0.1, 0.15) is 22.2 Å². The number of primary amides is 1. The van der Waals surface area contributed by atoms with Crippen molar-refractivity contribution in [2.45, 2.75) is 6.04 Å². The van der Waals surface area contributed by atoms with E-state index >= 15 is 0 Å². The fraction of sp³-hybridized carbons (Fsp3) is 0.273. The van der Waals surface area contributed by atoms with E-state index in [1.807, 2.05) is 37.4 Å². The highest BCUT2D eigenvalue weighted by molar-refractivity contribution is 5.93. The van der Waals surface area contributed by atoms with E-state index in [1.54, 1.807) is 29.2 Å². The van der Waals surface area contributed by atoms with Gasteiger partial charge in [0, 0.05) is 30.8 Å². The van der Waals surface area contributed by atoms with Gasteiger partial charge in [0.1, 0.15) is 17.6 Å². The number of para-hydroxylation sites is 1. The number of nitrogens with two attached hydrogens (primary N) is 1. The quantitative estimate of drug-likeness (QED) is 0.624. The molecular formula is C22H24N6O3. The molecule has 2 aromatic carbocycles. The van der Waals surface area contributed by atoms with Crippen molar-refractivity contribution in [3.63, 3.8) is 0 Å². The Morgan fingerprint density at radius 3 is 2.58 bits per heavy atom. The summed E-state index contributed by atoms with van der Waals surface area (Å²) in [6.07, 6.45) is 0. The van der Waals surface area contributed by atoms with E-state index in [1.165, 1.54) is 0 Å². The lowest BCUT2D eigenvalue weighted by atomic mass is 10.1. The van der Waals surface area contributed by atoms with Crippen molar-refractivity contribution >= 4 is 11.8 Å². The molecular weight excluding hydrogens is 396 g/mol. The topological polar surface area (TPSA) is 117 Å². The first-order chi connectivity index (χ1) is 15.0. The first kappa shape index (κ1) is 20.5. The molecule has 4 rings (SSSR count). The van der Waals surface area contributed by atoms with Gasteiger partial charge in [0.2, 0.25) is 5.91 Å². The number of likely N-dealkylation sites (N-methyl/N-ethyl adjacent to an activating group) is 1. The highest BCUT2D eigenvalue weighted by Gasteiger charge is 2.33. The first-order valence-corrected chi connectivity index (χ1v) is 9.99. The summed E-state index contributed by atoms with van der Waals surface area (Å²) < 4.78 is 5.65. The molecule has 9 heteroatoms. The number of ether oxygens (including phenoxy) is 1. The molecule has 2 amide bonds. The molecule has 1 aliphatic rings. The van der Waals surface area contributed by atoms with Crippen LogP contribution in [0.4, 0.5) is 0 Å². The molecule has 0 saturated carbocycles. The van der Waals surface area contributed by atoms with Gasteiger partial charge in [-0.05, 0) is 31.3 Å². The number of benzene rings is 2. The van der Waals surface area contributed by atoms with Crippen LogP contribution in [0.5, 0.6) is 5.75 Å². The number of aromatic amines is 1. The number of hydrogen-bond donors (Lipinski definition) is 2. The van der Waals surface area contributed by atoms with Gasteiger partial charge in [0.15, 0.2) is 12.4 Å². The zero-order valence-electron chi connectivity index (χ0n) is 17.2. The number of nitrogens with one attached hydrogen (secondary N) is 1. The van der Waals surface area contributed by atoms with E-state index in [-0.39, 0.29) is 18.6 Å². The van der Waals surface area contributed by atoms with Crippen molar-refractivity contribution in [1.82, 2.24) is 25.0 Å². The Morgan fingerprint density at radius 2 is 1.87 bits per heavy atom. The Balaban J connectivity index is 1.50. The molecule has 3 aromatic rings. The third kappa shape index (κ3) is 4.72. The Kier molecular flexibility index (Phi) is 5.94. The maximum absolute atomic E-state index is 12.9. The van der Waals surface area contributed by atoms with Crippen LogP contribution in [0.3, 0.4) is 0 Å².